The zero-order chi connectivity index (χ0) is 16.6. The third-order valence-electron chi connectivity index (χ3n) is 3.09. The number of halogens is 2. The molecule has 0 aliphatic heterocycles. The second kappa shape index (κ2) is 8.05. The smallest absolute Gasteiger partial charge is 0.190 e. The van der Waals surface area contributed by atoms with Crippen LogP contribution < -0.4 is 11.5 Å². The summed E-state index contributed by atoms with van der Waals surface area (Å²) in [7, 11) is 0. The molecular weight excluding hydrogens is 272 g/mol. The zero-order valence-electron chi connectivity index (χ0n) is 12.3. The van der Waals surface area contributed by atoms with Crippen LogP contribution in [0.2, 0.25) is 0 Å². The van der Waals surface area contributed by atoms with Gasteiger partial charge in [0.25, 0.3) is 0 Å². The third kappa shape index (κ3) is 6.09. The van der Waals surface area contributed by atoms with E-state index in [4.69, 9.17) is 11.5 Å². The predicted octanol–water partition coefficient (Wildman–Crippen LogP) is 3.13. The van der Waals surface area contributed by atoms with Crippen molar-refractivity contribution in [1.29, 1.82) is 0 Å². The summed E-state index contributed by atoms with van der Waals surface area (Å²) in [4.78, 5) is 3.36. The van der Waals surface area contributed by atoms with Gasteiger partial charge < -0.3 is 11.5 Å². The molecule has 0 amide bonds. The summed E-state index contributed by atoms with van der Waals surface area (Å²) in [5.41, 5.74) is 10.4. The van der Waals surface area contributed by atoms with E-state index in [2.05, 4.69) is 38.3 Å². The molecule has 5 heteroatoms. The van der Waals surface area contributed by atoms with Crippen LogP contribution in [0.25, 0.3) is 0 Å². The van der Waals surface area contributed by atoms with Crippen LogP contribution in [-0.4, -0.2) is 5.96 Å². The SMILES string of the molecule is C#C.C=CN=C(N)N.CC1(C)C[C@H]1c1cc(F)ccc1F. The van der Waals surface area contributed by atoms with Crippen molar-refractivity contribution in [2.75, 3.05) is 0 Å². The van der Waals surface area contributed by atoms with Crippen molar-refractivity contribution in [2.45, 2.75) is 26.2 Å². The van der Waals surface area contributed by atoms with Crippen LogP contribution in [0.5, 0.6) is 0 Å². The number of rotatable bonds is 2. The van der Waals surface area contributed by atoms with E-state index in [1.807, 2.05) is 0 Å². The second-order valence-electron chi connectivity index (χ2n) is 5.15. The number of nitrogens with zero attached hydrogens (tertiary/aromatic N) is 1. The highest BCUT2D eigenvalue weighted by Gasteiger charge is 2.47. The van der Waals surface area contributed by atoms with Gasteiger partial charge in [0.05, 0.1) is 0 Å². The number of hydrogen-bond acceptors (Lipinski definition) is 1. The molecule has 21 heavy (non-hydrogen) atoms. The van der Waals surface area contributed by atoms with Gasteiger partial charge in [0.1, 0.15) is 11.6 Å². The minimum Gasteiger partial charge on any atom is -0.370 e. The van der Waals surface area contributed by atoms with Crippen LogP contribution in [-0.2, 0) is 0 Å². The molecule has 0 saturated heterocycles. The maximum absolute atomic E-state index is 13.2. The lowest BCUT2D eigenvalue weighted by molar-refractivity contribution is 0.562. The number of terminal acetylenes is 1. The van der Waals surface area contributed by atoms with Crippen molar-refractivity contribution in [3.8, 4) is 12.8 Å². The molecule has 1 aromatic carbocycles. The number of guanidine groups is 1. The van der Waals surface area contributed by atoms with Gasteiger partial charge in [0.2, 0.25) is 0 Å². The van der Waals surface area contributed by atoms with Gasteiger partial charge in [-0.25, -0.2) is 13.8 Å². The van der Waals surface area contributed by atoms with Crippen LogP contribution in [0.15, 0.2) is 36.0 Å². The molecule has 4 N–H and O–H groups in total. The van der Waals surface area contributed by atoms with Crippen LogP contribution in [0.3, 0.4) is 0 Å². The molecule has 0 spiro atoms. The lowest BCUT2D eigenvalue weighted by atomic mass is 10.0. The summed E-state index contributed by atoms with van der Waals surface area (Å²) in [5.74, 6) is -0.385. The first-order valence-electron chi connectivity index (χ1n) is 6.26. The molecule has 3 nitrogen and oxygen atoms in total. The Bertz CT molecular complexity index is 530. The van der Waals surface area contributed by atoms with Crippen LogP contribution in [0.4, 0.5) is 8.78 Å². The maximum Gasteiger partial charge on any atom is 0.190 e. The zero-order valence-corrected chi connectivity index (χ0v) is 12.3. The highest BCUT2D eigenvalue weighted by Crippen LogP contribution is 2.59. The molecule has 1 saturated carbocycles. The summed E-state index contributed by atoms with van der Waals surface area (Å²) in [6, 6.07) is 3.68. The normalized spacial score (nSPS) is 17.1. The summed E-state index contributed by atoms with van der Waals surface area (Å²) < 4.78 is 26.1. The van der Waals surface area contributed by atoms with Crippen molar-refractivity contribution >= 4 is 5.96 Å². The van der Waals surface area contributed by atoms with Gasteiger partial charge in [-0.1, -0.05) is 20.4 Å². The van der Waals surface area contributed by atoms with E-state index in [1.54, 1.807) is 0 Å². The molecule has 0 heterocycles. The van der Waals surface area contributed by atoms with E-state index >= 15 is 0 Å². The van der Waals surface area contributed by atoms with Crippen molar-refractivity contribution in [2.24, 2.45) is 21.9 Å². The first-order valence-corrected chi connectivity index (χ1v) is 6.26. The Morgan fingerprint density at radius 2 is 1.90 bits per heavy atom. The minimum atomic E-state index is -0.348. The molecule has 1 fully saturated rings. The molecule has 1 aromatic rings. The minimum absolute atomic E-state index is 0.0463. The predicted molar refractivity (Wildman–Crippen MR) is 83.4 cm³/mol. The number of benzene rings is 1. The topological polar surface area (TPSA) is 64.4 Å². The molecular formula is C16H21F2N3. The summed E-state index contributed by atoms with van der Waals surface area (Å²) >= 11 is 0. The third-order valence-corrected chi connectivity index (χ3v) is 3.09. The first-order chi connectivity index (χ1) is 9.77. The van der Waals surface area contributed by atoms with Gasteiger partial charge in [0.15, 0.2) is 5.96 Å². The molecule has 0 radical (unpaired) electrons. The number of aliphatic imine (C=N–C) groups is 1. The van der Waals surface area contributed by atoms with Gasteiger partial charge in [-0.2, -0.15) is 0 Å². The van der Waals surface area contributed by atoms with E-state index in [0.717, 1.165) is 12.5 Å². The molecule has 0 aromatic heterocycles. The first kappa shape index (κ1) is 18.7. The quantitative estimate of drug-likeness (QED) is 0.500. The molecule has 1 aliphatic rings. The molecule has 1 aliphatic carbocycles. The fraction of sp³-hybridized carbons (Fsp3) is 0.312. The summed E-state index contributed by atoms with van der Waals surface area (Å²) in [6.45, 7) is 7.40. The summed E-state index contributed by atoms with van der Waals surface area (Å²) in [5, 5.41) is 0. The Balaban J connectivity index is 0.000000427. The Hall–Kier alpha value is -2.35. The molecule has 114 valence electrons. The van der Waals surface area contributed by atoms with E-state index in [0.29, 0.717) is 5.56 Å². The Labute approximate surface area is 124 Å². The highest BCUT2D eigenvalue weighted by atomic mass is 19.1. The fourth-order valence-corrected chi connectivity index (χ4v) is 1.89. The standard InChI is InChI=1S/C11H12F2.C3H7N3.C2H2/c1-11(2)6-9(11)8-5-7(12)3-4-10(8)13;1-2-6-3(4)5;1-2/h3-5,9H,6H2,1-2H3;2H,1H2,(H4,4,5,6);1-2H/t9-;;/m0../s1. The van der Waals surface area contributed by atoms with E-state index < -0.39 is 0 Å². The van der Waals surface area contributed by atoms with Crippen molar-refractivity contribution in [3.63, 3.8) is 0 Å². The Morgan fingerprint density at radius 1 is 1.38 bits per heavy atom. The number of hydrogen-bond donors (Lipinski definition) is 2. The van der Waals surface area contributed by atoms with Crippen LogP contribution >= 0.6 is 0 Å². The molecule has 0 unspecified atom stereocenters. The largest absolute Gasteiger partial charge is 0.370 e. The highest BCUT2D eigenvalue weighted by molar-refractivity contribution is 5.76. The molecule has 1 atom stereocenters. The van der Waals surface area contributed by atoms with Crippen molar-refractivity contribution in [1.82, 2.24) is 0 Å². The monoisotopic (exact) mass is 293 g/mol. The lowest BCUT2D eigenvalue weighted by Gasteiger charge is -2.04. The van der Waals surface area contributed by atoms with Crippen molar-refractivity contribution < 1.29 is 8.78 Å². The van der Waals surface area contributed by atoms with E-state index in [1.165, 1.54) is 18.3 Å². The average Bonchev–Trinajstić information content (AvgIpc) is 3.04. The van der Waals surface area contributed by atoms with E-state index in [9.17, 15) is 8.78 Å². The molecule has 0 bridgehead atoms. The molecule has 2 rings (SSSR count). The lowest BCUT2D eigenvalue weighted by Crippen LogP contribution is -2.21. The van der Waals surface area contributed by atoms with Gasteiger partial charge in [-0.05, 0) is 41.5 Å². The van der Waals surface area contributed by atoms with Crippen LogP contribution in [0, 0.1) is 29.9 Å². The Morgan fingerprint density at radius 3 is 2.24 bits per heavy atom. The Kier molecular flexibility index (Phi) is 7.15. The summed E-state index contributed by atoms with van der Waals surface area (Å²) in [6.07, 6.45) is 10.2. The van der Waals surface area contributed by atoms with Gasteiger partial charge in [-0.3, -0.25) is 0 Å². The maximum atomic E-state index is 13.2. The van der Waals surface area contributed by atoms with Gasteiger partial charge in [0, 0.05) is 6.20 Å². The van der Waals surface area contributed by atoms with Crippen molar-refractivity contribution in [3.05, 3.63) is 48.2 Å². The average molecular weight is 293 g/mol. The fourth-order valence-electron chi connectivity index (χ4n) is 1.89. The van der Waals surface area contributed by atoms with Gasteiger partial charge in [-0.15, -0.1) is 12.8 Å². The van der Waals surface area contributed by atoms with Crippen LogP contribution in [0.1, 0.15) is 31.7 Å². The van der Waals surface area contributed by atoms with E-state index in [-0.39, 0.29) is 28.9 Å². The van der Waals surface area contributed by atoms with Gasteiger partial charge >= 0.3 is 0 Å². The number of nitrogens with two attached hydrogens (primary N) is 2. The second-order valence-corrected chi connectivity index (χ2v) is 5.15.